The van der Waals surface area contributed by atoms with Crippen LogP contribution in [0.2, 0.25) is 0 Å². The Labute approximate surface area is 114 Å². The monoisotopic (exact) mass is 265 g/mol. The van der Waals surface area contributed by atoms with Crippen LogP contribution in [0.4, 0.5) is 0 Å². The van der Waals surface area contributed by atoms with Crippen molar-refractivity contribution in [2.45, 2.75) is 25.3 Å². The SMILES string of the molecule is COc1ccc(OC)c(C(C)(CO)NCC2CC2)c1. The lowest BCUT2D eigenvalue weighted by Gasteiger charge is -2.31. The van der Waals surface area contributed by atoms with E-state index in [1.54, 1.807) is 14.2 Å². The van der Waals surface area contributed by atoms with E-state index in [1.807, 2.05) is 25.1 Å². The standard InChI is InChI=1S/C15H23NO3/c1-15(10-17,16-9-11-4-5-11)13-8-12(18-2)6-7-14(13)19-3/h6-8,11,16-17H,4-5,9-10H2,1-3H3. The van der Waals surface area contributed by atoms with Gasteiger partial charge >= 0.3 is 0 Å². The maximum atomic E-state index is 9.80. The van der Waals surface area contributed by atoms with E-state index in [0.717, 1.165) is 29.5 Å². The number of rotatable bonds is 7. The van der Waals surface area contributed by atoms with Crippen molar-refractivity contribution in [3.8, 4) is 11.5 Å². The molecule has 0 amide bonds. The largest absolute Gasteiger partial charge is 0.497 e. The Morgan fingerprint density at radius 3 is 2.58 bits per heavy atom. The first kappa shape index (κ1) is 14.2. The Kier molecular flexibility index (Phi) is 4.32. The van der Waals surface area contributed by atoms with Gasteiger partial charge in [0.1, 0.15) is 11.5 Å². The smallest absolute Gasteiger partial charge is 0.124 e. The Hall–Kier alpha value is -1.26. The van der Waals surface area contributed by atoms with Gasteiger partial charge in [-0.1, -0.05) is 0 Å². The molecule has 4 heteroatoms. The fraction of sp³-hybridized carbons (Fsp3) is 0.600. The minimum Gasteiger partial charge on any atom is -0.497 e. The van der Waals surface area contributed by atoms with Gasteiger partial charge in [-0.25, -0.2) is 0 Å². The maximum Gasteiger partial charge on any atom is 0.124 e. The lowest BCUT2D eigenvalue weighted by atomic mass is 9.91. The Balaban J connectivity index is 2.27. The number of benzene rings is 1. The van der Waals surface area contributed by atoms with Crippen molar-refractivity contribution in [2.75, 3.05) is 27.4 Å². The number of hydrogen-bond donors (Lipinski definition) is 2. The van der Waals surface area contributed by atoms with Gasteiger partial charge < -0.3 is 19.9 Å². The van der Waals surface area contributed by atoms with Crippen LogP contribution in [-0.4, -0.2) is 32.5 Å². The predicted molar refractivity (Wildman–Crippen MR) is 74.7 cm³/mol. The zero-order valence-corrected chi connectivity index (χ0v) is 11.9. The summed E-state index contributed by atoms with van der Waals surface area (Å²) in [6, 6.07) is 5.66. The molecule has 0 radical (unpaired) electrons. The van der Waals surface area contributed by atoms with Gasteiger partial charge in [0.25, 0.3) is 0 Å². The summed E-state index contributed by atoms with van der Waals surface area (Å²) in [5.41, 5.74) is 0.417. The fourth-order valence-corrected chi connectivity index (χ4v) is 2.17. The zero-order chi connectivity index (χ0) is 13.9. The van der Waals surface area contributed by atoms with Crippen molar-refractivity contribution in [3.63, 3.8) is 0 Å². The molecular weight excluding hydrogens is 242 g/mol. The summed E-state index contributed by atoms with van der Waals surface area (Å²) in [5.74, 6) is 2.28. The molecule has 0 bridgehead atoms. The van der Waals surface area contributed by atoms with E-state index in [4.69, 9.17) is 9.47 Å². The van der Waals surface area contributed by atoms with E-state index in [1.165, 1.54) is 12.8 Å². The van der Waals surface area contributed by atoms with Crippen LogP contribution >= 0.6 is 0 Å². The molecule has 4 nitrogen and oxygen atoms in total. The average Bonchev–Trinajstić information content (AvgIpc) is 3.28. The Bertz CT molecular complexity index is 431. The first-order valence-electron chi connectivity index (χ1n) is 6.71. The Morgan fingerprint density at radius 2 is 2.05 bits per heavy atom. The van der Waals surface area contributed by atoms with Crippen LogP contribution in [0.25, 0.3) is 0 Å². The molecule has 2 N–H and O–H groups in total. The van der Waals surface area contributed by atoms with E-state index >= 15 is 0 Å². The van der Waals surface area contributed by atoms with Crippen LogP contribution in [-0.2, 0) is 5.54 Å². The van der Waals surface area contributed by atoms with Crippen molar-refractivity contribution in [1.29, 1.82) is 0 Å². The van der Waals surface area contributed by atoms with Crippen LogP contribution < -0.4 is 14.8 Å². The number of nitrogens with one attached hydrogen (secondary N) is 1. The summed E-state index contributed by atoms with van der Waals surface area (Å²) in [6.07, 6.45) is 2.56. The van der Waals surface area contributed by atoms with Gasteiger partial charge in [0.2, 0.25) is 0 Å². The average molecular weight is 265 g/mol. The second kappa shape index (κ2) is 5.80. The van der Waals surface area contributed by atoms with E-state index in [2.05, 4.69) is 5.32 Å². The highest BCUT2D eigenvalue weighted by Crippen LogP contribution is 2.35. The minimum absolute atomic E-state index is 0.0171. The summed E-state index contributed by atoms with van der Waals surface area (Å²) in [4.78, 5) is 0. The van der Waals surface area contributed by atoms with Crippen molar-refractivity contribution in [2.24, 2.45) is 5.92 Å². The fourth-order valence-electron chi connectivity index (χ4n) is 2.17. The summed E-state index contributed by atoms with van der Waals surface area (Å²) < 4.78 is 10.7. The van der Waals surface area contributed by atoms with Gasteiger partial charge in [-0.2, -0.15) is 0 Å². The molecule has 1 aliphatic carbocycles. The van der Waals surface area contributed by atoms with Gasteiger partial charge in [0.15, 0.2) is 0 Å². The minimum atomic E-state index is -0.511. The van der Waals surface area contributed by atoms with Gasteiger partial charge in [-0.15, -0.1) is 0 Å². The van der Waals surface area contributed by atoms with Crippen molar-refractivity contribution < 1.29 is 14.6 Å². The third-order valence-corrected chi connectivity index (χ3v) is 3.80. The van der Waals surface area contributed by atoms with Crippen LogP contribution in [0.3, 0.4) is 0 Å². The van der Waals surface area contributed by atoms with Gasteiger partial charge in [-0.05, 0) is 50.4 Å². The summed E-state index contributed by atoms with van der Waals surface area (Å²) in [5, 5.41) is 13.3. The number of methoxy groups -OCH3 is 2. The third-order valence-electron chi connectivity index (χ3n) is 3.80. The lowest BCUT2D eigenvalue weighted by Crippen LogP contribution is -2.44. The molecule has 1 fully saturated rings. The van der Waals surface area contributed by atoms with Gasteiger partial charge in [0.05, 0.1) is 26.4 Å². The molecule has 0 aromatic heterocycles. The summed E-state index contributed by atoms with van der Waals surface area (Å²) in [6.45, 7) is 2.94. The number of aliphatic hydroxyl groups excluding tert-OH is 1. The second-order valence-electron chi connectivity index (χ2n) is 5.38. The molecule has 1 atom stereocenters. The molecule has 1 unspecified atom stereocenters. The third kappa shape index (κ3) is 3.19. The van der Waals surface area contributed by atoms with Crippen LogP contribution in [0, 0.1) is 5.92 Å². The van der Waals surface area contributed by atoms with Crippen molar-refractivity contribution >= 4 is 0 Å². The highest BCUT2D eigenvalue weighted by molar-refractivity contribution is 5.44. The molecule has 0 aliphatic heterocycles. The molecule has 19 heavy (non-hydrogen) atoms. The number of aliphatic hydroxyl groups is 1. The molecule has 0 spiro atoms. The van der Waals surface area contributed by atoms with Crippen molar-refractivity contribution in [3.05, 3.63) is 23.8 Å². The lowest BCUT2D eigenvalue weighted by molar-refractivity contribution is 0.170. The number of ether oxygens (including phenoxy) is 2. The molecule has 1 saturated carbocycles. The van der Waals surface area contributed by atoms with Crippen LogP contribution in [0.1, 0.15) is 25.3 Å². The van der Waals surface area contributed by atoms with Crippen molar-refractivity contribution in [1.82, 2.24) is 5.32 Å². The van der Waals surface area contributed by atoms with Crippen LogP contribution in [0.5, 0.6) is 11.5 Å². The maximum absolute atomic E-state index is 9.80. The van der Waals surface area contributed by atoms with Crippen LogP contribution in [0.15, 0.2) is 18.2 Å². The summed E-state index contributed by atoms with van der Waals surface area (Å²) in [7, 11) is 3.28. The predicted octanol–water partition coefficient (Wildman–Crippen LogP) is 1.91. The normalized spacial score (nSPS) is 17.9. The molecule has 1 aromatic carbocycles. The summed E-state index contributed by atoms with van der Waals surface area (Å²) >= 11 is 0. The van der Waals surface area contributed by atoms with E-state index in [9.17, 15) is 5.11 Å². The Morgan fingerprint density at radius 1 is 1.32 bits per heavy atom. The quantitative estimate of drug-likeness (QED) is 0.790. The van der Waals surface area contributed by atoms with E-state index in [0.29, 0.717) is 0 Å². The number of hydrogen-bond acceptors (Lipinski definition) is 4. The highest BCUT2D eigenvalue weighted by atomic mass is 16.5. The first-order valence-corrected chi connectivity index (χ1v) is 6.71. The molecule has 0 heterocycles. The molecule has 1 aliphatic rings. The molecule has 106 valence electrons. The van der Waals surface area contributed by atoms with E-state index < -0.39 is 5.54 Å². The molecule has 2 rings (SSSR count). The van der Waals surface area contributed by atoms with E-state index in [-0.39, 0.29) is 6.61 Å². The van der Waals surface area contributed by atoms with Gasteiger partial charge in [0, 0.05) is 5.56 Å². The molecule has 0 saturated heterocycles. The zero-order valence-electron chi connectivity index (χ0n) is 11.9. The topological polar surface area (TPSA) is 50.7 Å². The first-order chi connectivity index (χ1) is 9.12. The second-order valence-corrected chi connectivity index (χ2v) is 5.38. The highest BCUT2D eigenvalue weighted by Gasteiger charge is 2.32. The molecular formula is C15H23NO3. The van der Waals surface area contributed by atoms with Gasteiger partial charge in [-0.3, -0.25) is 0 Å². The molecule has 1 aromatic rings.